The monoisotopic (exact) mass is 940 g/mol. The minimum atomic E-state index is -3.36. The van der Waals surface area contributed by atoms with Crippen LogP contribution in [-0.4, -0.2) is 277 Å². The number of aliphatic carboxylic acids is 2. The van der Waals surface area contributed by atoms with E-state index in [1.54, 1.807) is 0 Å². The SMILES string of the molecule is CC(=O)N[C@H]1[C@H]([C@H](O)[C@@H](CO)O[C@]2(C(=O)O)C[C@H](O)[C@@H](NC(=O)CO)[C@H]([C@H](O)[C@H](O)CO)O2)O[C@@](O[C@H]2[C@@H](O)[C@@H](CO)O[C@@H](O[C@H]3[C@H](O)[C@@H](O)[C@H](O)O[C@@H]3CO)[C@@H]2O)(C(=O)O)C[C@@H]1O. The highest BCUT2D eigenvalue weighted by Gasteiger charge is 2.62. The quantitative estimate of drug-likeness (QED) is 0.0572. The lowest BCUT2D eigenvalue weighted by Gasteiger charge is -2.51. The molecule has 4 saturated heterocycles. The summed E-state index contributed by atoms with van der Waals surface area (Å²) in [5.41, 5.74) is 0. The number of hydrogen-bond donors (Lipinski definition) is 19. The van der Waals surface area contributed by atoms with Gasteiger partial charge in [0.15, 0.2) is 12.6 Å². The van der Waals surface area contributed by atoms with Gasteiger partial charge in [-0.3, -0.25) is 9.59 Å². The zero-order chi connectivity index (χ0) is 48.2. The molecule has 30 heteroatoms. The molecule has 0 aromatic carbocycles. The number of amides is 2. The summed E-state index contributed by atoms with van der Waals surface area (Å²) < 4.78 is 38.3. The molecule has 2 amide bonds. The molecule has 0 bridgehead atoms. The van der Waals surface area contributed by atoms with Gasteiger partial charge in [-0.1, -0.05) is 0 Å². The summed E-state index contributed by atoms with van der Waals surface area (Å²) >= 11 is 0. The van der Waals surface area contributed by atoms with Crippen LogP contribution in [0.3, 0.4) is 0 Å². The zero-order valence-corrected chi connectivity index (χ0v) is 33.6. The van der Waals surface area contributed by atoms with Crippen molar-refractivity contribution in [1.29, 1.82) is 0 Å². The first-order valence-electron chi connectivity index (χ1n) is 19.5. The van der Waals surface area contributed by atoms with Gasteiger partial charge in [-0.2, -0.15) is 0 Å². The van der Waals surface area contributed by atoms with Crippen LogP contribution in [0.15, 0.2) is 0 Å². The van der Waals surface area contributed by atoms with Crippen molar-refractivity contribution >= 4 is 23.8 Å². The maximum Gasteiger partial charge on any atom is 0.364 e. The number of nitrogens with one attached hydrogen (secondary N) is 2. The molecule has 370 valence electrons. The summed E-state index contributed by atoms with van der Waals surface area (Å²) in [5, 5.41) is 182. The van der Waals surface area contributed by atoms with E-state index in [0.29, 0.717) is 0 Å². The maximum absolute atomic E-state index is 13.1. The summed E-state index contributed by atoms with van der Waals surface area (Å²) in [4.78, 5) is 50.4. The van der Waals surface area contributed by atoms with Gasteiger partial charge in [-0.15, -0.1) is 0 Å². The third-order valence-electron chi connectivity index (χ3n) is 11.1. The van der Waals surface area contributed by atoms with Crippen molar-refractivity contribution in [3.8, 4) is 0 Å². The van der Waals surface area contributed by atoms with Gasteiger partial charge in [-0.05, 0) is 0 Å². The van der Waals surface area contributed by atoms with Crippen molar-refractivity contribution in [2.45, 2.75) is 154 Å². The number of carboxylic acid groups (broad SMARTS) is 2. The predicted molar refractivity (Wildman–Crippen MR) is 193 cm³/mol. The normalized spacial score (nSPS) is 42.4. The Morgan fingerprint density at radius 2 is 1.22 bits per heavy atom. The van der Waals surface area contributed by atoms with Crippen LogP contribution in [0, 0.1) is 0 Å². The van der Waals surface area contributed by atoms with Gasteiger partial charge in [0.2, 0.25) is 11.8 Å². The summed E-state index contributed by atoms with van der Waals surface area (Å²) in [5.74, 6) is -13.1. The van der Waals surface area contributed by atoms with Crippen LogP contribution in [-0.2, 0) is 52.3 Å². The van der Waals surface area contributed by atoms with Gasteiger partial charge in [0.05, 0.1) is 50.7 Å². The van der Waals surface area contributed by atoms with E-state index < -0.39 is 204 Å². The second-order valence-corrected chi connectivity index (χ2v) is 15.5. The molecule has 19 N–H and O–H groups in total. The lowest BCUT2D eigenvalue weighted by molar-refractivity contribution is -0.387. The number of hydrogen-bond acceptors (Lipinski definition) is 26. The summed E-state index contributed by atoms with van der Waals surface area (Å²) in [6, 6.07) is -3.75. The molecule has 64 heavy (non-hydrogen) atoms. The van der Waals surface area contributed by atoms with E-state index >= 15 is 0 Å². The Labute approximate surface area is 360 Å². The molecule has 4 aliphatic heterocycles. The molecule has 0 aromatic heterocycles. The Morgan fingerprint density at radius 3 is 1.73 bits per heavy atom. The van der Waals surface area contributed by atoms with E-state index in [-0.39, 0.29) is 0 Å². The Kier molecular flexibility index (Phi) is 18.6. The van der Waals surface area contributed by atoms with E-state index in [0.717, 1.165) is 6.92 Å². The molecule has 30 nitrogen and oxygen atoms in total. The Morgan fingerprint density at radius 1 is 0.672 bits per heavy atom. The molecule has 4 rings (SSSR count). The van der Waals surface area contributed by atoms with Crippen molar-refractivity contribution in [2.75, 3.05) is 33.0 Å². The fourth-order valence-electron chi connectivity index (χ4n) is 7.75. The maximum atomic E-state index is 13.1. The first kappa shape index (κ1) is 53.6. The zero-order valence-electron chi connectivity index (χ0n) is 33.6. The second kappa shape index (κ2) is 22.2. The number of rotatable bonds is 19. The Hall–Kier alpha value is -3.00. The molecule has 4 fully saturated rings. The van der Waals surface area contributed by atoms with E-state index in [4.69, 9.17) is 33.2 Å². The fraction of sp³-hybridized carbons (Fsp3) is 0.882. The lowest BCUT2D eigenvalue weighted by atomic mass is 9.87. The molecule has 4 heterocycles. The van der Waals surface area contributed by atoms with Crippen LogP contribution in [0.5, 0.6) is 0 Å². The minimum absolute atomic E-state index is 0.903. The molecule has 0 saturated carbocycles. The molecule has 0 spiro atoms. The predicted octanol–water partition coefficient (Wildman–Crippen LogP) is -12.1. The third kappa shape index (κ3) is 11.2. The molecule has 22 atom stereocenters. The molecular formula is C34H56N2O28. The molecular weight excluding hydrogens is 884 g/mol. The number of ether oxygens (including phenoxy) is 7. The second-order valence-electron chi connectivity index (χ2n) is 15.5. The average Bonchev–Trinajstić information content (AvgIpc) is 3.25. The minimum Gasteiger partial charge on any atom is -0.477 e. The number of carbonyl (C=O) groups excluding carboxylic acids is 2. The van der Waals surface area contributed by atoms with Gasteiger partial charge in [0, 0.05) is 19.8 Å². The third-order valence-corrected chi connectivity index (χ3v) is 11.1. The first-order valence-corrected chi connectivity index (χ1v) is 19.5. The van der Waals surface area contributed by atoms with Gasteiger partial charge in [0.1, 0.15) is 92.1 Å². The van der Waals surface area contributed by atoms with E-state index in [1.165, 1.54) is 0 Å². The van der Waals surface area contributed by atoms with Gasteiger partial charge >= 0.3 is 11.9 Å². The molecule has 4 aliphatic rings. The van der Waals surface area contributed by atoms with Crippen molar-refractivity contribution < 1.29 is 139 Å². The van der Waals surface area contributed by atoms with Crippen LogP contribution in [0.4, 0.5) is 0 Å². The standard InChI is InChI=1S/C34H56N2O28/c1-9(42)35-17-10(43)3-34(32(56)57,64-28-20(48)13(5-38)59-30(24(28)52)60-25-15(7-40)58-29(53)23(51)22(25)50)63-27(17)21(49)14(6-39)61-33(31(54)55)2-11(44)18(36-16(46)8-41)26(62-33)19(47)12(45)4-37/h10-15,17-30,37-41,43-45,47-53H,2-8H2,1H3,(H,35,42)(H,36,46)(H,54,55)(H,56,57)/t10-,11-,12+,13+,14+,15+,17+,18+,19+,20-,21+,22+,23+,24+,25+,26+,27+,28-,29+,30-,33+,34-/m0/s1. The van der Waals surface area contributed by atoms with Crippen molar-refractivity contribution in [1.82, 2.24) is 10.6 Å². The Bertz CT molecular complexity index is 1580. The van der Waals surface area contributed by atoms with Crippen molar-refractivity contribution in [2.24, 2.45) is 0 Å². The van der Waals surface area contributed by atoms with Gasteiger partial charge in [0.25, 0.3) is 11.6 Å². The highest BCUT2D eigenvalue weighted by atomic mass is 16.8. The molecule has 0 aromatic rings. The number of carbonyl (C=O) groups is 4. The van der Waals surface area contributed by atoms with Gasteiger partial charge in [-0.25, -0.2) is 9.59 Å². The first-order chi connectivity index (χ1) is 30.0. The van der Waals surface area contributed by atoms with Crippen LogP contribution in [0.1, 0.15) is 19.8 Å². The largest absolute Gasteiger partial charge is 0.477 e. The van der Waals surface area contributed by atoms with Crippen molar-refractivity contribution in [3.05, 3.63) is 0 Å². The smallest absolute Gasteiger partial charge is 0.364 e. The highest BCUT2D eigenvalue weighted by Crippen LogP contribution is 2.40. The van der Waals surface area contributed by atoms with Crippen molar-refractivity contribution in [3.63, 3.8) is 0 Å². The molecule has 0 aliphatic carbocycles. The topological polar surface area (TPSA) is 501 Å². The summed E-state index contributed by atoms with van der Waals surface area (Å²) in [6.45, 7) is -5.03. The number of aliphatic hydroxyl groups is 15. The fourth-order valence-corrected chi connectivity index (χ4v) is 7.75. The summed E-state index contributed by atoms with van der Waals surface area (Å²) in [7, 11) is 0. The molecule has 0 unspecified atom stereocenters. The number of aliphatic hydroxyl groups excluding tert-OH is 15. The van der Waals surface area contributed by atoms with Gasteiger partial charge < -0.3 is 131 Å². The number of carboxylic acids is 2. The Balaban J connectivity index is 1.72. The van der Waals surface area contributed by atoms with E-state index in [9.17, 15) is 106 Å². The molecule has 0 radical (unpaired) electrons. The van der Waals surface area contributed by atoms with Crippen LogP contribution in [0.2, 0.25) is 0 Å². The van der Waals surface area contributed by atoms with Crippen LogP contribution in [0.25, 0.3) is 0 Å². The van der Waals surface area contributed by atoms with Crippen LogP contribution >= 0.6 is 0 Å². The lowest BCUT2D eigenvalue weighted by Crippen LogP contribution is -2.72. The average molecular weight is 941 g/mol. The van der Waals surface area contributed by atoms with E-state index in [1.807, 2.05) is 5.32 Å². The highest BCUT2D eigenvalue weighted by molar-refractivity contribution is 5.78. The summed E-state index contributed by atoms with van der Waals surface area (Å²) in [6.07, 6.45) is -41.4. The van der Waals surface area contributed by atoms with Crippen LogP contribution < -0.4 is 10.6 Å². The van der Waals surface area contributed by atoms with E-state index in [2.05, 4.69) is 5.32 Å².